The van der Waals surface area contributed by atoms with E-state index >= 15 is 0 Å². The van der Waals surface area contributed by atoms with E-state index in [1.54, 1.807) is 0 Å². The Morgan fingerprint density at radius 2 is 1.40 bits per heavy atom. The van der Waals surface area contributed by atoms with E-state index in [0.717, 1.165) is 0 Å². The van der Waals surface area contributed by atoms with Crippen LogP contribution < -0.4 is 0 Å². The van der Waals surface area contributed by atoms with Crippen LogP contribution in [0.15, 0.2) is 54.6 Å². The molecule has 0 heteroatoms. The molecule has 0 spiro atoms. The number of benzene rings is 2. The van der Waals surface area contributed by atoms with Gasteiger partial charge < -0.3 is 0 Å². The molecule has 0 aliphatic rings. The fourth-order valence-electron chi connectivity index (χ4n) is 1.53. The zero-order chi connectivity index (χ0) is 10.5. The summed E-state index contributed by atoms with van der Waals surface area (Å²) in [6.07, 6.45) is 4.27. The lowest BCUT2D eigenvalue weighted by atomic mass is 10.1. The molecule has 0 atom stereocenters. The van der Waals surface area contributed by atoms with E-state index in [0.29, 0.717) is 0 Å². The molecule has 74 valence electrons. The fraction of sp³-hybridized carbons (Fsp3) is 0.0667. The van der Waals surface area contributed by atoms with Crippen molar-refractivity contribution in [3.63, 3.8) is 0 Å². The minimum Gasteiger partial charge on any atom is -0.0622 e. The molecule has 0 radical (unpaired) electrons. The fourth-order valence-corrected chi connectivity index (χ4v) is 1.53. The van der Waals surface area contributed by atoms with Crippen LogP contribution in [0.25, 0.3) is 12.2 Å². The molecule has 15 heavy (non-hydrogen) atoms. The third-order valence-corrected chi connectivity index (χ3v) is 2.31. The van der Waals surface area contributed by atoms with Crippen LogP contribution in [-0.2, 0) is 0 Å². The summed E-state index contributed by atoms with van der Waals surface area (Å²) in [5, 5.41) is 0. The Morgan fingerprint density at radius 1 is 0.733 bits per heavy atom. The molecule has 2 aromatic carbocycles. The van der Waals surface area contributed by atoms with Gasteiger partial charge >= 0.3 is 0 Å². The average Bonchev–Trinajstić information content (AvgIpc) is 2.28. The number of hydrogen-bond donors (Lipinski definition) is 0. The van der Waals surface area contributed by atoms with Gasteiger partial charge in [0.2, 0.25) is 0 Å². The molecule has 0 nitrogen and oxygen atoms in total. The minimum absolute atomic E-state index is 1.24. The van der Waals surface area contributed by atoms with Gasteiger partial charge in [-0.25, -0.2) is 0 Å². The molecular weight excluding hydrogens is 180 g/mol. The molecule has 0 aliphatic heterocycles. The Bertz CT molecular complexity index is 452. The summed E-state index contributed by atoms with van der Waals surface area (Å²) in [4.78, 5) is 0. The standard InChI is InChI=1S/C15H14/c1-13-6-5-9-15(12-13)11-10-14-7-3-2-4-8-14/h2-12H,1H3. The maximum absolute atomic E-state index is 2.18. The maximum atomic E-state index is 2.18. The lowest BCUT2D eigenvalue weighted by Crippen LogP contribution is -1.74. The molecule has 0 aromatic heterocycles. The molecule has 0 unspecified atom stereocenters. The van der Waals surface area contributed by atoms with Gasteiger partial charge in [0.25, 0.3) is 0 Å². The van der Waals surface area contributed by atoms with E-state index in [-0.39, 0.29) is 0 Å². The summed E-state index contributed by atoms with van der Waals surface area (Å²) < 4.78 is 0. The lowest BCUT2D eigenvalue weighted by Gasteiger charge is -1.95. The SMILES string of the molecule is Cc1cccc(C=Cc2ccccc2)c1. The molecule has 2 aromatic rings. The first-order valence-electron chi connectivity index (χ1n) is 5.14. The number of hydrogen-bond acceptors (Lipinski definition) is 0. The Hall–Kier alpha value is -1.82. The molecule has 0 aliphatic carbocycles. The van der Waals surface area contributed by atoms with Crippen molar-refractivity contribution in [1.29, 1.82) is 0 Å². The Morgan fingerprint density at radius 3 is 2.13 bits per heavy atom. The van der Waals surface area contributed by atoms with Crippen LogP contribution in [0.5, 0.6) is 0 Å². The van der Waals surface area contributed by atoms with Crippen LogP contribution in [0, 0.1) is 6.92 Å². The van der Waals surface area contributed by atoms with Crippen LogP contribution in [-0.4, -0.2) is 0 Å². The molecule has 0 N–H and O–H groups in total. The average molecular weight is 194 g/mol. The lowest BCUT2D eigenvalue weighted by molar-refractivity contribution is 1.46. The van der Waals surface area contributed by atoms with Crippen molar-refractivity contribution in [1.82, 2.24) is 0 Å². The van der Waals surface area contributed by atoms with E-state index in [4.69, 9.17) is 0 Å². The highest BCUT2D eigenvalue weighted by atomic mass is 13.9. The van der Waals surface area contributed by atoms with E-state index in [1.165, 1.54) is 16.7 Å². The van der Waals surface area contributed by atoms with Crippen LogP contribution in [0.4, 0.5) is 0 Å². The topological polar surface area (TPSA) is 0 Å². The Labute approximate surface area is 90.9 Å². The van der Waals surface area contributed by atoms with Gasteiger partial charge in [-0.2, -0.15) is 0 Å². The van der Waals surface area contributed by atoms with Crippen molar-refractivity contribution in [3.8, 4) is 0 Å². The van der Waals surface area contributed by atoms with Gasteiger partial charge in [-0.1, -0.05) is 72.3 Å². The van der Waals surface area contributed by atoms with Gasteiger partial charge in [0.1, 0.15) is 0 Å². The van der Waals surface area contributed by atoms with E-state index in [1.807, 2.05) is 6.07 Å². The van der Waals surface area contributed by atoms with Crippen molar-refractivity contribution in [3.05, 3.63) is 71.3 Å². The second kappa shape index (κ2) is 4.61. The molecule has 2 rings (SSSR count). The number of aryl methyl sites for hydroxylation is 1. The number of rotatable bonds is 2. The maximum Gasteiger partial charge on any atom is -0.0254 e. The summed E-state index contributed by atoms with van der Waals surface area (Å²) in [5.74, 6) is 0. The van der Waals surface area contributed by atoms with Crippen LogP contribution in [0.3, 0.4) is 0 Å². The molecule has 0 amide bonds. The zero-order valence-electron chi connectivity index (χ0n) is 8.85. The van der Waals surface area contributed by atoms with Gasteiger partial charge in [0, 0.05) is 0 Å². The third-order valence-electron chi connectivity index (χ3n) is 2.31. The second-order valence-electron chi connectivity index (χ2n) is 3.66. The normalized spacial score (nSPS) is 10.7. The van der Waals surface area contributed by atoms with Crippen LogP contribution >= 0.6 is 0 Å². The highest BCUT2D eigenvalue weighted by molar-refractivity contribution is 5.69. The monoisotopic (exact) mass is 194 g/mol. The van der Waals surface area contributed by atoms with E-state index < -0.39 is 0 Å². The summed E-state index contributed by atoms with van der Waals surface area (Å²) in [6.45, 7) is 2.11. The molecule has 0 fully saturated rings. The van der Waals surface area contributed by atoms with Gasteiger partial charge in [0.15, 0.2) is 0 Å². The van der Waals surface area contributed by atoms with Gasteiger partial charge in [-0.3, -0.25) is 0 Å². The van der Waals surface area contributed by atoms with Crippen LogP contribution in [0.1, 0.15) is 16.7 Å². The third kappa shape index (κ3) is 2.81. The van der Waals surface area contributed by atoms with Crippen molar-refractivity contribution in [2.45, 2.75) is 6.92 Å². The van der Waals surface area contributed by atoms with Crippen molar-refractivity contribution in [2.24, 2.45) is 0 Å². The summed E-state index contributed by atoms with van der Waals surface area (Å²) in [7, 11) is 0. The summed E-state index contributed by atoms with van der Waals surface area (Å²) in [6, 6.07) is 18.8. The van der Waals surface area contributed by atoms with Crippen molar-refractivity contribution < 1.29 is 0 Å². The van der Waals surface area contributed by atoms with Gasteiger partial charge in [-0.15, -0.1) is 0 Å². The Balaban J connectivity index is 2.19. The van der Waals surface area contributed by atoms with E-state index in [9.17, 15) is 0 Å². The minimum atomic E-state index is 1.24. The quantitative estimate of drug-likeness (QED) is 0.629. The first-order chi connectivity index (χ1) is 7.34. The first-order valence-corrected chi connectivity index (χ1v) is 5.14. The molecule has 0 heterocycles. The van der Waals surface area contributed by atoms with Gasteiger partial charge in [-0.05, 0) is 18.1 Å². The highest BCUT2D eigenvalue weighted by Gasteiger charge is 1.87. The zero-order valence-corrected chi connectivity index (χ0v) is 8.85. The van der Waals surface area contributed by atoms with Gasteiger partial charge in [0.05, 0.1) is 0 Å². The van der Waals surface area contributed by atoms with Crippen molar-refractivity contribution >= 4 is 12.2 Å². The van der Waals surface area contributed by atoms with E-state index in [2.05, 4.69) is 67.6 Å². The smallest absolute Gasteiger partial charge is 0.0254 e. The summed E-state index contributed by atoms with van der Waals surface area (Å²) in [5.41, 5.74) is 3.78. The molecule has 0 saturated heterocycles. The predicted octanol–water partition coefficient (Wildman–Crippen LogP) is 4.17. The molecule has 0 bridgehead atoms. The molecular formula is C15H14. The summed E-state index contributed by atoms with van der Waals surface area (Å²) >= 11 is 0. The van der Waals surface area contributed by atoms with Crippen molar-refractivity contribution in [2.75, 3.05) is 0 Å². The first kappa shape index (κ1) is 9.72. The largest absolute Gasteiger partial charge is 0.0622 e. The highest BCUT2D eigenvalue weighted by Crippen LogP contribution is 2.09. The predicted molar refractivity (Wildman–Crippen MR) is 66.5 cm³/mol. The second-order valence-corrected chi connectivity index (χ2v) is 3.66. The molecule has 0 saturated carbocycles. The Kier molecular flexibility index (Phi) is 2.99. The van der Waals surface area contributed by atoms with Crippen LogP contribution in [0.2, 0.25) is 0 Å².